The Bertz CT molecular complexity index is 292. The summed E-state index contributed by atoms with van der Waals surface area (Å²) in [6.45, 7) is 6.75. The van der Waals surface area contributed by atoms with Crippen LogP contribution in [0.2, 0.25) is 0 Å². The van der Waals surface area contributed by atoms with E-state index in [1.54, 1.807) is 6.92 Å². The highest BCUT2D eigenvalue weighted by Crippen LogP contribution is 2.07. The van der Waals surface area contributed by atoms with E-state index in [-0.39, 0.29) is 6.10 Å². The molecule has 0 aliphatic carbocycles. The molecule has 2 atom stereocenters. The van der Waals surface area contributed by atoms with Gasteiger partial charge in [-0.3, -0.25) is 0 Å². The first-order valence-corrected chi connectivity index (χ1v) is 6.05. The fourth-order valence-corrected chi connectivity index (χ4v) is 1.61. The van der Waals surface area contributed by atoms with Gasteiger partial charge in [-0.25, -0.2) is 0 Å². The normalized spacial score (nSPS) is 14.8. The lowest BCUT2D eigenvalue weighted by Crippen LogP contribution is -2.32. The molecule has 0 bridgehead atoms. The summed E-state index contributed by atoms with van der Waals surface area (Å²) < 4.78 is 0. The Morgan fingerprint density at radius 2 is 1.81 bits per heavy atom. The number of aliphatic hydroxyl groups is 1. The molecule has 0 aliphatic heterocycles. The number of rotatable bonds is 6. The zero-order valence-electron chi connectivity index (χ0n) is 10.5. The van der Waals surface area contributed by atoms with Crippen molar-refractivity contribution in [2.45, 2.75) is 45.8 Å². The van der Waals surface area contributed by atoms with E-state index in [4.69, 9.17) is 5.11 Å². The lowest BCUT2D eigenvalue weighted by atomic mass is 10.0. The monoisotopic (exact) mass is 221 g/mol. The minimum Gasteiger partial charge on any atom is -0.392 e. The molecular weight excluding hydrogens is 198 g/mol. The van der Waals surface area contributed by atoms with E-state index in [0.717, 1.165) is 12.8 Å². The van der Waals surface area contributed by atoms with Crippen LogP contribution in [0.3, 0.4) is 0 Å². The minimum absolute atomic E-state index is 0.262. The summed E-state index contributed by atoms with van der Waals surface area (Å²) in [6, 6.07) is 9.15. The summed E-state index contributed by atoms with van der Waals surface area (Å²) in [5, 5.41) is 12.5. The Hall–Kier alpha value is -0.860. The average Bonchev–Trinajstić information content (AvgIpc) is 2.25. The van der Waals surface area contributed by atoms with Crippen molar-refractivity contribution in [3.8, 4) is 0 Å². The maximum atomic E-state index is 9.15. The van der Waals surface area contributed by atoms with E-state index in [1.807, 2.05) is 0 Å². The smallest absolute Gasteiger partial charge is 0.0636 e. The summed E-state index contributed by atoms with van der Waals surface area (Å²) in [5.74, 6) is 0. The molecule has 2 nitrogen and oxygen atoms in total. The van der Waals surface area contributed by atoms with E-state index in [1.165, 1.54) is 11.1 Å². The van der Waals surface area contributed by atoms with Crippen molar-refractivity contribution in [1.29, 1.82) is 0 Å². The molecule has 0 amide bonds. The summed E-state index contributed by atoms with van der Waals surface area (Å²) in [4.78, 5) is 0. The fourth-order valence-electron chi connectivity index (χ4n) is 1.61. The van der Waals surface area contributed by atoms with Crippen LogP contribution in [0.1, 0.15) is 31.4 Å². The summed E-state index contributed by atoms with van der Waals surface area (Å²) in [6.07, 6.45) is 1.94. The molecule has 16 heavy (non-hydrogen) atoms. The summed E-state index contributed by atoms with van der Waals surface area (Å²) in [7, 11) is 0. The third-order valence-electron chi connectivity index (χ3n) is 2.75. The Labute approximate surface area is 98.7 Å². The third kappa shape index (κ3) is 5.29. The van der Waals surface area contributed by atoms with Gasteiger partial charge in [-0.2, -0.15) is 0 Å². The average molecular weight is 221 g/mol. The first kappa shape index (κ1) is 13.2. The van der Waals surface area contributed by atoms with Gasteiger partial charge in [0.1, 0.15) is 0 Å². The van der Waals surface area contributed by atoms with Gasteiger partial charge in [0.05, 0.1) is 6.10 Å². The van der Waals surface area contributed by atoms with Crippen molar-refractivity contribution >= 4 is 0 Å². The van der Waals surface area contributed by atoms with Crippen LogP contribution in [0.5, 0.6) is 0 Å². The second-order valence-electron chi connectivity index (χ2n) is 4.68. The first-order chi connectivity index (χ1) is 7.58. The number of aliphatic hydroxyl groups excluding tert-OH is 1. The standard InChI is InChI=1S/C14H23NO/c1-11-4-7-14(8-5-11)9-6-12(2)15-10-13(3)16/h4-5,7-8,12-13,15-16H,6,9-10H2,1-3H3/t12?,13-/m0/s1. The maximum absolute atomic E-state index is 9.15. The molecule has 1 unspecified atom stereocenters. The molecule has 1 aromatic rings. The largest absolute Gasteiger partial charge is 0.392 e. The highest BCUT2D eigenvalue weighted by molar-refractivity contribution is 5.21. The highest BCUT2D eigenvalue weighted by atomic mass is 16.3. The number of hydrogen-bond donors (Lipinski definition) is 2. The predicted octanol–water partition coefficient (Wildman–Crippen LogP) is 2.29. The quantitative estimate of drug-likeness (QED) is 0.772. The van der Waals surface area contributed by atoms with Gasteiger partial charge in [-0.1, -0.05) is 29.8 Å². The van der Waals surface area contributed by atoms with Crippen molar-refractivity contribution < 1.29 is 5.11 Å². The molecule has 0 aromatic heterocycles. The zero-order chi connectivity index (χ0) is 12.0. The molecular formula is C14H23NO. The first-order valence-electron chi connectivity index (χ1n) is 6.05. The number of hydrogen-bond acceptors (Lipinski definition) is 2. The Kier molecular flexibility index (Phi) is 5.50. The SMILES string of the molecule is Cc1ccc(CCC(C)NC[C@H](C)O)cc1. The van der Waals surface area contributed by atoms with Crippen molar-refractivity contribution in [2.24, 2.45) is 0 Å². The topological polar surface area (TPSA) is 32.3 Å². The van der Waals surface area contributed by atoms with Crippen LogP contribution in [0.25, 0.3) is 0 Å². The molecule has 0 saturated carbocycles. The molecule has 0 saturated heterocycles. The molecule has 2 heteroatoms. The van der Waals surface area contributed by atoms with E-state index in [2.05, 4.69) is 43.4 Å². The van der Waals surface area contributed by atoms with Crippen molar-refractivity contribution in [3.63, 3.8) is 0 Å². The number of benzene rings is 1. The molecule has 0 fully saturated rings. The van der Waals surface area contributed by atoms with Gasteiger partial charge in [0.25, 0.3) is 0 Å². The van der Waals surface area contributed by atoms with E-state index < -0.39 is 0 Å². The van der Waals surface area contributed by atoms with E-state index in [0.29, 0.717) is 12.6 Å². The Morgan fingerprint density at radius 1 is 1.19 bits per heavy atom. The van der Waals surface area contributed by atoms with Gasteiger partial charge in [-0.15, -0.1) is 0 Å². The minimum atomic E-state index is -0.262. The van der Waals surface area contributed by atoms with Crippen LogP contribution in [-0.4, -0.2) is 23.8 Å². The number of aryl methyl sites for hydroxylation is 2. The summed E-state index contributed by atoms with van der Waals surface area (Å²) >= 11 is 0. The highest BCUT2D eigenvalue weighted by Gasteiger charge is 2.03. The molecule has 0 spiro atoms. The van der Waals surface area contributed by atoms with Gasteiger partial charge in [0.2, 0.25) is 0 Å². The third-order valence-corrected chi connectivity index (χ3v) is 2.75. The fraction of sp³-hybridized carbons (Fsp3) is 0.571. The Morgan fingerprint density at radius 3 is 2.38 bits per heavy atom. The van der Waals surface area contributed by atoms with E-state index >= 15 is 0 Å². The molecule has 0 radical (unpaired) electrons. The van der Waals surface area contributed by atoms with Gasteiger partial charge in [0.15, 0.2) is 0 Å². The maximum Gasteiger partial charge on any atom is 0.0636 e. The zero-order valence-corrected chi connectivity index (χ0v) is 10.5. The lowest BCUT2D eigenvalue weighted by Gasteiger charge is -2.15. The predicted molar refractivity (Wildman–Crippen MR) is 68.6 cm³/mol. The van der Waals surface area contributed by atoms with Gasteiger partial charge >= 0.3 is 0 Å². The van der Waals surface area contributed by atoms with Crippen LogP contribution >= 0.6 is 0 Å². The molecule has 1 aromatic carbocycles. The van der Waals surface area contributed by atoms with Crippen LogP contribution in [0.4, 0.5) is 0 Å². The molecule has 90 valence electrons. The van der Waals surface area contributed by atoms with Crippen LogP contribution in [0.15, 0.2) is 24.3 Å². The molecule has 0 heterocycles. The van der Waals surface area contributed by atoms with Crippen LogP contribution in [0, 0.1) is 6.92 Å². The lowest BCUT2D eigenvalue weighted by molar-refractivity contribution is 0.186. The van der Waals surface area contributed by atoms with Gasteiger partial charge in [-0.05, 0) is 39.2 Å². The molecule has 1 rings (SSSR count). The second kappa shape index (κ2) is 6.66. The van der Waals surface area contributed by atoms with E-state index in [9.17, 15) is 0 Å². The second-order valence-corrected chi connectivity index (χ2v) is 4.68. The summed E-state index contributed by atoms with van der Waals surface area (Å²) in [5.41, 5.74) is 2.69. The van der Waals surface area contributed by atoms with Gasteiger partial charge < -0.3 is 10.4 Å². The molecule has 0 aliphatic rings. The molecule has 2 N–H and O–H groups in total. The van der Waals surface area contributed by atoms with Crippen LogP contribution in [-0.2, 0) is 6.42 Å². The number of nitrogens with one attached hydrogen (secondary N) is 1. The van der Waals surface area contributed by atoms with Gasteiger partial charge in [0, 0.05) is 12.6 Å². The van der Waals surface area contributed by atoms with Crippen LogP contribution < -0.4 is 5.32 Å². The van der Waals surface area contributed by atoms with Crippen molar-refractivity contribution in [2.75, 3.05) is 6.54 Å². The van der Waals surface area contributed by atoms with Crippen molar-refractivity contribution in [1.82, 2.24) is 5.32 Å². The Balaban J connectivity index is 2.26. The van der Waals surface area contributed by atoms with Crippen molar-refractivity contribution in [3.05, 3.63) is 35.4 Å².